The summed E-state index contributed by atoms with van der Waals surface area (Å²) in [5, 5.41) is 3.05. The van der Waals surface area contributed by atoms with Crippen LogP contribution in [0.25, 0.3) is 0 Å². The predicted molar refractivity (Wildman–Crippen MR) is 76.4 cm³/mol. The Balaban J connectivity index is 2.26. The molecule has 118 valence electrons. The van der Waals surface area contributed by atoms with Crippen LogP contribution in [0.1, 0.15) is 31.2 Å². The van der Waals surface area contributed by atoms with Gasteiger partial charge in [0.1, 0.15) is 5.75 Å². The molecular formula is C15H21F3N2O. The maximum absolute atomic E-state index is 13.2. The quantitative estimate of drug-likeness (QED) is 0.892. The Morgan fingerprint density at radius 1 is 1.29 bits per heavy atom. The molecule has 0 spiro atoms. The number of alkyl halides is 3. The highest BCUT2D eigenvalue weighted by Crippen LogP contribution is 2.38. The molecule has 0 bridgehead atoms. The van der Waals surface area contributed by atoms with E-state index in [9.17, 15) is 13.2 Å². The summed E-state index contributed by atoms with van der Waals surface area (Å²) < 4.78 is 44.4. The van der Waals surface area contributed by atoms with Crippen LogP contribution in [0.2, 0.25) is 0 Å². The number of hydrogen-bond donors (Lipinski definition) is 2. The summed E-state index contributed by atoms with van der Waals surface area (Å²) >= 11 is 0. The molecule has 2 rings (SSSR count). The molecule has 6 heteroatoms. The van der Waals surface area contributed by atoms with Gasteiger partial charge in [-0.3, -0.25) is 0 Å². The molecule has 1 fully saturated rings. The van der Waals surface area contributed by atoms with E-state index in [1.54, 1.807) is 0 Å². The summed E-state index contributed by atoms with van der Waals surface area (Å²) in [7, 11) is 1.36. The standard InChI is InChI=1S/C15H21F3N2O/c1-21-11-6-7-14(12(8-11)15(16,17)18)20-13-5-3-2-4-10(13)9-19/h6-8,10,13,20H,2-5,9,19H2,1H3. The molecule has 2 unspecified atom stereocenters. The largest absolute Gasteiger partial charge is 0.497 e. The molecule has 1 aliphatic rings. The lowest BCUT2D eigenvalue weighted by Crippen LogP contribution is -2.37. The van der Waals surface area contributed by atoms with E-state index in [1.807, 2.05) is 0 Å². The van der Waals surface area contributed by atoms with Crippen LogP contribution in [0.15, 0.2) is 18.2 Å². The minimum absolute atomic E-state index is 0.00163. The van der Waals surface area contributed by atoms with Gasteiger partial charge in [-0.05, 0) is 43.5 Å². The van der Waals surface area contributed by atoms with Crippen LogP contribution in [-0.4, -0.2) is 19.7 Å². The Hall–Kier alpha value is -1.43. The zero-order valence-corrected chi connectivity index (χ0v) is 12.0. The summed E-state index contributed by atoms with van der Waals surface area (Å²) in [5.74, 6) is 0.425. The van der Waals surface area contributed by atoms with Gasteiger partial charge in [0.05, 0.1) is 12.7 Å². The third-order valence-electron chi connectivity index (χ3n) is 4.08. The average Bonchev–Trinajstić information content (AvgIpc) is 2.47. The molecule has 3 nitrogen and oxygen atoms in total. The van der Waals surface area contributed by atoms with E-state index in [0.29, 0.717) is 6.54 Å². The van der Waals surface area contributed by atoms with Crippen molar-refractivity contribution in [2.45, 2.75) is 37.9 Å². The van der Waals surface area contributed by atoms with Crippen molar-refractivity contribution in [1.29, 1.82) is 0 Å². The van der Waals surface area contributed by atoms with E-state index in [0.717, 1.165) is 31.7 Å². The molecule has 1 aliphatic carbocycles. The van der Waals surface area contributed by atoms with Crippen molar-refractivity contribution >= 4 is 5.69 Å². The van der Waals surface area contributed by atoms with E-state index >= 15 is 0 Å². The molecule has 0 aliphatic heterocycles. The smallest absolute Gasteiger partial charge is 0.418 e. The minimum atomic E-state index is -4.41. The Morgan fingerprint density at radius 2 is 2.00 bits per heavy atom. The van der Waals surface area contributed by atoms with Crippen molar-refractivity contribution < 1.29 is 17.9 Å². The van der Waals surface area contributed by atoms with Crippen molar-refractivity contribution in [1.82, 2.24) is 0 Å². The van der Waals surface area contributed by atoms with Crippen LogP contribution >= 0.6 is 0 Å². The maximum Gasteiger partial charge on any atom is 0.418 e. The van der Waals surface area contributed by atoms with Gasteiger partial charge in [0, 0.05) is 11.7 Å². The molecule has 21 heavy (non-hydrogen) atoms. The van der Waals surface area contributed by atoms with Crippen molar-refractivity contribution in [2.24, 2.45) is 11.7 Å². The zero-order valence-electron chi connectivity index (χ0n) is 12.0. The SMILES string of the molecule is COc1ccc(NC2CCCCC2CN)c(C(F)(F)F)c1. The number of nitrogens with two attached hydrogens (primary N) is 1. The number of hydrogen-bond acceptors (Lipinski definition) is 3. The van der Waals surface area contributed by atoms with Crippen LogP contribution in [-0.2, 0) is 6.18 Å². The molecule has 2 atom stereocenters. The van der Waals surface area contributed by atoms with E-state index in [1.165, 1.54) is 19.2 Å². The third kappa shape index (κ3) is 3.81. The fourth-order valence-corrected chi connectivity index (χ4v) is 2.89. The van der Waals surface area contributed by atoms with Gasteiger partial charge < -0.3 is 15.8 Å². The van der Waals surface area contributed by atoms with Gasteiger partial charge in [0.15, 0.2) is 0 Å². The Labute approximate surface area is 122 Å². The Morgan fingerprint density at radius 3 is 2.62 bits per heavy atom. The molecule has 1 aromatic carbocycles. The molecule has 0 saturated heterocycles. The highest BCUT2D eigenvalue weighted by Gasteiger charge is 2.35. The molecule has 0 aromatic heterocycles. The highest BCUT2D eigenvalue weighted by atomic mass is 19.4. The number of methoxy groups -OCH3 is 1. The zero-order chi connectivity index (χ0) is 15.5. The first kappa shape index (κ1) is 15.9. The van der Waals surface area contributed by atoms with Crippen molar-refractivity contribution in [3.05, 3.63) is 23.8 Å². The first-order valence-corrected chi connectivity index (χ1v) is 7.17. The van der Waals surface area contributed by atoms with Gasteiger partial charge in [-0.15, -0.1) is 0 Å². The van der Waals surface area contributed by atoms with Crippen molar-refractivity contribution in [2.75, 3.05) is 19.0 Å². The van der Waals surface area contributed by atoms with Gasteiger partial charge in [0.25, 0.3) is 0 Å². The maximum atomic E-state index is 13.2. The summed E-state index contributed by atoms with van der Waals surface area (Å²) in [6, 6.07) is 4.00. The third-order valence-corrected chi connectivity index (χ3v) is 4.08. The van der Waals surface area contributed by atoms with Gasteiger partial charge in [-0.2, -0.15) is 13.2 Å². The van der Waals surface area contributed by atoms with Crippen LogP contribution in [0, 0.1) is 5.92 Å². The fraction of sp³-hybridized carbons (Fsp3) is 0.600. The van der Waals surface area contributed by atoms with Gasteiger partial charge in [-0.1, -0.05) is 12.8 Å². The highest BCUT2D eigenvalue weighted by molar-refractivity contribution is 5.56. The lowest BCUT2D eigenvalue weighted by atomic mass is 9.84. The first-order chi connectivity index (χ1) is 9.95. The Bertz CT molecular complexity index is 476. The number of ether oxygens (including phenoxy) is 1. The Kier molecular flexibility index (Phi) is 4.98. The average molecular weight is 302 g/mol. The summed E-state index contributed by atoms with van der Waals surface area (Å²) in [5.41, 5.74) is 5.15. The van der Waals surface area contributed by atoms with Crippen LogP contribution < -0.4 is 15.8 Å². The van der Waals surface area contributed by atoms with Crippen LogP contribution in [0.4, 0.5) is 18.9 Å². The first-order valence-electron chi connectivity index (χ1n) is 7.17. The normalized spacial score (nSPS) is 22.9. The molecule has 0 amide bonds. The van der Waals surface area contributed by atoms with Gasteiger partial charge in [0.2, 0.25) is 0 Å². The second kappa shape index (κ2) is 6.56. The van der Waals surface area contributed by atoms with Crippen LogP contribution in [0.3, 0.4) is 0 Å². The number of anilines is 1. The van der Waals surface area contributed by atoms with E-state index in [2.05, 4.69) is 5.32 Å². The lowest BCUT2D eigenvalue weighted by molar-refractivity contribution is -0.137. The lowest BCUT2D eigenvalue weighted by Gasteiger charge is -2.33. The van der Waals surface area contributed by atoms with E-state index in [4.69, 9.17) is 10.5 Å². The monoisotopic (exact) mass is 302 g/mol. The minimum Gasteiger partial charge on any atom is -0.497 e. The second-order valence-electron chi connectivity index (χ2n) is 5.44. The van der Waals surface area contributed by atoms with Crippen molar-refractivity contribution in [3.8, 4) is 5.75 Å². The van der Waals surface area contributed by atoms with Gasteiger partial charge >= 0.3 is 6.18 Å². The topological polar surface area (TPSA) is 47.3 Å². The second-order valence-corrected chi connectivity index (χ2v) is 5.44. The summed E-state index contributed by atoms with van der Waals surface area (Å²) in [6.07, 6.45) is -0.485. The molecule has 3 N–H and O–H groups in total. The summed E-state index contributed by atoms with van der Waals surface area (Å²) in [4.78, 5) is 0. The summed E-state index contributed by atoms with van der Waals surface area (Å²) in [6.45, 7) is 0.495. The number of rotatable bonds is 4. The molecule has 0 radical (unpaired) electrons. The number of benzene rings is 1. The number of halogens is 3. The van der Waals surface area contributed by atoms with E-state index in [-0.39, 0.29) is 23.4 Å². The van der Waals surface area contributed by atoms with E-state index < -0.39 is 11.7 Å². The molecule has 1 aromatic rings. The van der Waals surface area contributed by atoms with Crippen molar-refractivity contribution in [3.63, 3.8) is 0 Å². The number of nitrogens with one attached hydrogen (secondary N) is 1. The van der Waals surface area contributed by atoms with Crippen LogP contribution in [0.5, 0.6) is 5.75 Å². The molecule has 1 saturated carbocycles. The fourth-order valence-electron chi connectivity index (χ4n) is 2.89. The molecular weight excluding hydrogens is 281 g/mol. The predicted octanol–water partition coefficient (Wildman–Crippen LogP) is 3.64. The molecule has 0 heterocycles. The van der Waals surface area contributed by atoms with Gasteiger partial charge in [-0.25, -0.2) is 0 Å².